The van der Waals surface area contributed by atoms with Gasteiger partial charge in [0.05, 0.1) is 30.5 Å². The normalized spacial score (nSPS) is 12.5. The van der Waals surface area contributed by atoms with Crippen LogP contribution in [0.25, 0.3) is 10.8 Å². The van der Waals surface area contributed by atoms with Crippen molar-refractivity contribution in [2.45, 2.75) is 4.90 Å². The third-order valence-corrected chi connectivity index (χ3v) is 6.08. The van der Waals surface area contributed by atoms with Crippen LogP contribution in [0.4, 0.5) is 11.4 Å². The van der Waals surface area contributed by atoms with Gasteiger partial charge in [0.15, 0.2) is 0 Å². The second-order valence-electron chi connectivity index (χ2n) is 7.39. The minimum atomic E-state index is -4.61. The van der Waals surface area contributed by atoms with Gasteiger partial charge in [-0.2, -0.15) is 18.6 Å². The molecule has 184 valence electrons. The van der Waals surface area contributed by atoms with E-state index in [2.05, 4.69) is 21.1 Å². The van der Waals surface area contributed by atoms with E-state index in [1.54, 1.807) is 48.5 Å². The predicted molar refractivity (Wildman–Crippen MR) is 133 cm³/mol. The first-order chi connectivity index (χ1) is 17.2. The van der Waals surface area contributed by atoms with Crippen LogP contribution in [0.1, 0.15) is 0 Å². The Kier molecular flexibility index (Phi) is 6.81. The molecular formula is C24H20N4O7S. The fourth-order valence-electron chi connectivity index (χ4n) is 3.47. The fraction of sp³-hybridized carbons (Fsp3) is 0.0833. The zero-order valence-corrected chi connectivity index (χ0v) is 19.9. The highest BCUT2D eigenvalue weighted by atomic mass is 32.2. The summed E-state index contributed by atoms with van der Waals surface area (Å²) < 4.78 is 43.6. The van der Waals surface area contributed by atoms with Gasteiger partial charge in [0.1, 0.15) is 22.2 Å². The largest absolute Gasteiger partial charge is 0.495 e. The molecule has 12 heteroatoms. The van der Waals surface area contributed by atoms with E-state index < -0.39 is 25.9 Å². The van der Waals surface area contributed by atoms with Crippen LogP contribution in [0.15, 0.2) is 91.4 Å². The number of hydrogen-bond donors (Lipinski definition) is 3. The Morgan fingerprint density at radius 3 is 1.67 bits per heavy atom. The molecule has 0 atom stereocenters. The van der Waals surface area contributed by atoms with E-state index in [0.29, 0.717) is 22.9 Å². The fourth-order valence-corrected chi connectivity index (χ4v) is 3.98. The number of para-hydroxylation sites is 4. The molecule has 0 aliphatic rings. The molecule has 0 heterocycles. The Labute approximate surface area is 204 Å². The van der Waals surface area contributed by atoms with Crippen molar-refractivity contribution in [3.63, 3.8) is 0 Å². The molecule has 0 radical (unpaired) electrons. The average Bonchev–Trinajstić information content (AvgIpc) is 2.88. The molecule has 0 spiro atoms. The molecule has 36 heavy (non-hydrogen) atoms. The summed E-state index contributed by atoms with van der Waals surface area (Å²) >= 11 is 0. The molecule has 0 fully saturated rings. The average molecular weight is 509 g/mol. The lowest BCUT2D eigenvalue weighted by molar-refractivity contribution is 0.416. The maximum Gasteiger partial charge on any atom is 0.294 e. The third-order valence-electron chi connectivity index (χ3n) is 5.23. The van der Waals surface area contributed by atoms with Crippen molar-refractivity contribution in [1.82, 2.24) is 0 Å². The number of hydrogen-bond acceptors (Lipinski definition) is 10. The van der Waals surface area contributed by atoms with Crippen LogP contribution in [0.5, 0.6) is 11.5 Å². The lowest BCUT2D eigenvalue weighted by atomic mass is 10.1. The summed E-state index contributed by atoms with van der Waals surface area (Å²) in [6, 6.07) is 17.0. The molecule has 0 aliphatic heterocycles. The van der Waals surface area contributed by atoms with Crippen molar-refractivity contribution in [2.75, 3.05) is 25.1 Å². The lowest BCUT2D eigenvalue weighted by Crippen LogP contribution is -2.48. The van der Waals surface area contributed by atoms with Crippen molar-refractivity contribution < 1.29 is 22.4 Å². The summed E-state index contributed by atoms with van der Waals surface area (Å²) in [5.41, 5.74) is 4.22. The number of fused-ring (bicyclic) bond motifs is 1. The van der Waals surface area contributed by atoms with Crippen molar-refractivity contribution in [3.05, 3.63) is 97.9 Å². The van der Waals surface area contributed by atoms with E-state index in [4.69, 9.17) is 9.47 Å². The zero-order valence-electron chi connectivity index (χ0n) is 19.1. The number of ether oxygens (including phenoxy) is 2. The van der Waals surface area contributed by atoms with Gasteiger partial charge in [0.2, 0.25) is 0 Å². The molecule has 3 N–H and O–H groups in total. The summed E-state index contributed by atoms with van der Waals surface area (Å²) in [7, 11) is -1.70. The van der Waals surface area contributed by atoms with Gasteiger partial charge in [0, 0.05) is 10.8 Å². The molecule has 0 amide bonds. The Hall–Kier alpha value is -4.55. The van der Waals surface area contributed by atoms with Crippen molar-refractivity contribution >= 4 is 32.3 Å². The first-order valence-corrected chi connectivity index (χ1v) is 11.8. The monoisotopic (exact) mass is 508 g/mol. The Morgan fingerprint density at radius 1 is 0.722 bits per heavy atom. The highest BCUT2D eigenvalue weighted by Gasteiger charge is 2.16. The van der Waals surface area contributed by atoms with Crippen LogP contribution in [0, 0.1) is 0 Å². The molecule has 4 aromatic rings. The summed E-state index contributed by atoms with van der Waals surface area (Å²) in [4.78, 5) is 25.6. The Morgan fingerprint density at radius 2 is 1.19 bits per heavy atom. The molecule has 4 rings (SSSR count). The summed E-state index contributed by atoms with van der Waals surface area (Å²) in [5.74, 6) is 0.869. The number of methoxy groups -OCH3 is 2. The molecule has 0 bridgehead atoms. The van der Waals surface area contributed by atoms with Crippen molar-refractivity contribution in [1.29, 1.82) is 0 Å². The van der Waals surface area contributed by atoms with Crippen LogP contribution in [0.2, 0.25) is 0 Å². The van der Waals surface area contributed by atoms with Gasteiger partial charge in [0.25, 0.3) is 21.0 Å². The molecule has 0 saturated carbocycles. The first-order valence-electron chi connectivity index (χ1n) is 10.4. The molecule has 11 nitrogen and oxygen atoms in total. The molecular weight excluding hydrogens is 488 g/mol. The van der Waals surface area contributed by atoms with Crippen molar-refractivity contribution in [2.24, 2.45) is 10.2 Å². The van der Waals surface area contributed by atoms with E-state index in [1.807, 2.05) is 0 Å². The van der Waals surface area contributed by atoms with E-state index in [0.717, 1.165) is 12.1 Å². The molecule has 0 aliphatic carbocycles. The first kappa shape index (κ1) is 24.6. The van der Waals surface area contributed by atoms with Crippen molar-refractivity contribution in [3.8, 4) is 11.5 Å². The topological polar surface area (TPSA) is 156 Å². The van der Waals surface area contributed by atoms with E-state index in [9.17, 15) is 22.6 Å². The van der Waals surface area contributed by atoms with E-state index >= 15 is 0 Å². The third kappa shape index (κ3) is 4.80. The second kappa shape index (κ2) is 9.98. The number of nitrogens with zero attached hydrogens (tertiary/aromatic N) is 2. The van der Waals surface area contributed by atoms with Crippen LogP contribution in [0.3, 0.4) is 0 Å². The van der Waals surface area contributed by atoms with Crippen LogP contribution >= 0.6 is 0 Å². The highest BCUT2D eigenvalue weighted by molar-refractivity contribution is 7.85. The number of rotatable bonds is 7. The van der Waals surface area contributed by atoms with Gasteiger partial charge in [-0.3, -0.25) is 25.0 Å². The van der Waals surface area contributed by atoms with Gasteiger partial charge in [-0.1, -0.05) is 30.3 Å². The number of anilines is 2. The molecule has 0 saturated heterocycles. The quantitative estimate of drug-likeness (QED) is 0.191. The number of nitrogens with one attached hydrogen (secondary N) is 2. The maximum absolute atomic E-state index is 13.1. The maximum atomic E-state index is 13.1. The van der Waals surface area contributed by atoms with Gasteiger partial charge < -0.3 is 9.47 Å². The highest BCUT2D eigenvalue weighted by Crippen LogP contribution is 2.23. The smallest absolute Gasteiger partial charge is 0.294 e. The van der Waals surface area contributed by atoms with Crippen LogP contribution < -0.4 is 41.9 Å². The van der Waals surface area contributed by atoms with Crippen LogP contribution in [-0.2, 0) is 10.1 Å². The molecule has 0 aromatic heterocycles. The summed E-state index contributed by atoms with van der Waals surface area (Å²) in [6.45, 7) is 0. The number of benzene rings is 4. The van der Waals surface area contributed by atoms with E-state index in [-0.39, 0.29) is 21.5 Å². The summed E-state index contributed by atoms with van der Waals surface area (Å²) in [5, 5.41) is 7.69. The van der Waals surface area contributed by atoms with Gasteiger partial charge in [-0.25, -0.2) is 0 Å². The van der Waals surface area contributed by atoms with Gasteiger partial charge in [-0.05, 0) is 36.4 Å². The summed E-state index contributed by atoms with van der Waals surface area (Å²) in [6.07, 6.45) is 0. The Bertz CT molecular complexity index is 1790. The SMILES string of the molecule is COc1ccccc1NN=c1c(=O)c(=O)c(=NNc2ccccc2OC)c2cc(S(=O)(=O)O)ccc12. The van der Waals surface area contributed by atoms with Gasteiger partial charge in [-0.15, -0.1) is 0 Å². The van der Waals surface area contributed by atoms with Gasteiger partial charge >= 0.3 is 0 Å². The minimum Gasteiger partial charge on any atom is -0.495 e. The van der Waals surface area contributed by atoms with Crippen LogP contribution in [-0.4, -0.2) is 27.2 Å². The second-order valence-corrected chi connectivity index (χ2v) is 8.81. The predicted octanol–water partition coefficient (Wildman–Crippen LogP) is 1.56. The molecule has 4 aromatic carbocycles. The zero-order chi connectivity index (χ0) is 25.9. The molecule has 0 unspecified atom stereocenters. The Balaban J connectivity index is 1.99. The lowest BCUT2D eigenvalue weighted by Gasteiger charge is -2.08. The van der Waals surface area contributed by atoms with E-state index in [1.165, 1.54) is 20.3 Å². The minimum absolute atomic E-state index is 0.0160. The standard InChI is InChI=1S/C24H20N4O7S/c1-34-19-9-5-3-7-17(19)25-27-21-15-12-11-14(36(31,32)33)13-16(15)22(24(30)23(21)29)28-26-18-8-4-6-10-20(18)35-2/h3-13,25-26H,1-2H3,(H,31,32,33).